The maximum Gasteiger partial charge on any atom is 0.280 e. The number of nitriles is 1. The molecule has 0 saturated carbocycles. The molecule has 0 spiro atoms. The average molecular weight is 231 g/mol. The van der Waals surface area contributed by atoms with E-state index in [1.54, 1.807) is 6.92 Å². The molecule has 0 saturated heterocycles. The van der Waals surface area contributed by atoms with E-state index in [4.69, 9.17) is 16.9 Å². The van der Waals surface area contributed by atoms with Gasteiger partial charge in [-0.25, -0.2) is 8.78 Å². The summed E-state index contributed by atoms with van der Waals surface area (Å²) in [5, 5.41) is 8.57. The molecule has 0 aliphatic rings. The lowest BCUT2D eigenvalue weighted by molar-refractivity contribution is 0.145. The van der Waals surface area contributed by atoms with Crippen molar-refractivity contribution in [3.8, 4) is 6.07 Å². The van der Waals surface area contributed by atoms with Crippen LogP contribution < -0.4 is 0 Å². The molecule has 1 aromatic rings. The van der Waals surface area contributed by atoms with E-state index in [0.717, 1.165) is 0 Å². The Balaban J connectivity index is 3.25. The van der Waals surface area contributed by atoms with Crippen LogP contribution in [0.15, 0.2) is 6.07 Å². The van der Waals surface area contributed by atoms with Gasteiger partial charge in [0.25, 0.3) is 6.43 Å². The molecule has 1 heterocycles. The summed E-state index contributed by atoms with van der Waals surface area (Å²) in [6, 6.07) is 3.22. The van der Waals surface area contributed by atoms with E-state index < -0.39 is 6.43 Å². The number of halogens is 3. The number of alkyl halides is 3. The third-order valence-electron chi connectivity index (χ3n) is 2.07. The number of rotatable bonds is 3. The highest BCUT2D eigenvalue weighted by Crippen LogP contribution is 2.23. The minimum absolute atomic E-state index is 0.111. The molecule has 0 aliphatic heterocycles. The minimum atomic E-state index is -2.61. The third-order valence-corrected chi connectivity index (χ3v) is 2.35. The Morgan fingerprint density at radius 3 is 2.73 bits per heavy atom. The molecular formula is C10H9ClF2N2. The normalized spacial score (nSPS) is 10.4. The number of hydrogen-bond acceptors (Lipinski definition) is 2. The van der Waals surface area contributed by atoms with Crippen LogP contribution >= 0.6 is 11.6 Å². The smallest absolute Gasteiger partial charge is 0.252 e. The Hall–Kier alpha value is -1.21. The molecule has 0 bridgehead atoms. The van der Waals surface area contributed by atoms with Crippen LogP contribution in [0.25, 0.3) is 0 Å². The highest BCUT2D eigenvalue weighted by Gasteiger charge is 2.14. The Kier molecular flexibility index (Phi) is 3.98. The maximum absolute atomic E-state index is 12.4. The van der Waals surface area contributed by atoms with Gasteiger partial charge in [-0.3, -0.25) is 4.98 Å². The lowest BCUT2D eigenvalue weighted by atomic mass is 10.0. The predicted molar refractivity (Wildman–Crippen MR) is 52.8 cm³/mol. The van der Waals surface area contributed by atoms with Crippen molar-refractivity contribution in [1.29, 1.82) is 5.26 Å². The second-order valence-electron chi connectivity index (χ2n) is 3.04. The largest absolute Gasteiger partial charge is 0.280 e. The van der Waals surface area contributed by atoms with Crippen LogP contribution in [0, 0.1) is 18.3 Å². The molecular weight excluding hydrogens is 222 g/mol. The van der Waals surface area contributed by atoms with Crippen LogP contribution in [0.4, 0.5) is 8.78 Å². The summed E-state index contributed by atoms with van der Waals surface area (Å²) in [6.07, 6.45) is -2.47. The van der Waals surface area contributed by atoms with Crippen LogP contribution in [0.3, 0.4) is 0 Å². The standard InChI is InChI=1S/C10H9ClF2N2/c1-6-8(2-3-14)7(5-11)4-9(15-6)10(12)13/h4,10H,2,5H2,1H3. The quantitative estimate of drug-likeness (QED) is 0.748. The molecule has 0 amide bonds. The van der Waals surface area contributed by atoms with Crippen LogP contribution in [-0.4, -0.2) is 4.98 Å². The number of nitrogens with zero attached hydrogens (tertiary/aromatic N) is 2. The molecule has 2 nitrogen and oxygen atoms in total. The van der Waals surface area contributed by atoms with Crippen LogP contribution in [-0.2, 0) is 12.3 Å². The third kappa shape index (κ3) is 2.63. The highest BCUT2D eigenvalue weighted by molar-refractivity contribution is 6.17. The first-order valence-corrected chi connectivity index (χ1v) is 4.84. The van der Waals surface area contributed by atoms with E-state index >= 15 is 0 Å². The number of aryl methyl sites for hydroxylation is 1. The summed E-state index contributed by atoms with van der Waals surface area (Å²) in [7, 11) is 0. The van der Waals surface area contributed by atoms with Gasteiger partial charge in [0, 0.05) is 11.6 Å². The molecule has 0 aliphatic carbocycles. The second kappa shape index (κ2) is 5.04. The fourth-order valence-corrected chi connectivity index (χ4v) is 1.58. The predicted octanol–water partition coefficient (Wildman–Crippen LogP) is 3.13. The van der Waals surface area contributed by atoms with Crippen molar-refractivity contribution in [2.45, 2.75) is 25.7 Å². The average Bonchev–Trinajstić information content (AvgIpc) is 2.20. The zero-order chi connectivity index (χ0) is 11.4. The summed E-state index contributed by atoms with van der Waals surface area (Å²) in [4.78, 5) is 3.74. The molecule has 80 valence electrons. The summed E-state index contributed by atoms with van der Waals surface area (Å²) in [5.41, 5.74) is 1.37. The van der Waals surface area contributed by atoms with Gasteiger partial charge in [0.15, 0.2) is 0 Å². The summed E-state index contributed by atoms with van der Waals surface area (Å²) >= 11 is 5.63. The van der Waals surface area contributed by atoms with Crippen molar-refractivity contribution in [3.05, 3.63) is 28.6 Å². The van der Waals surface area contributed by atoms with E-state index in [-0.39, 0.29) is 18.0 Å². The molecule has 0 atom stereocenters. The monoisotopic (exact) mass is 230 g/mol. The molecule has 0 unspecified atom stereocenters. The van der Waals surface area contributed by atoms with Gasteiger partial charge in [-0.1, -0.05) is 0 Å². The van der Waals surface area contributed by atoms with Gasteiger partial charge in [-0.15, -0.1) is 11.6 Å². The molecule has 1 rings (SSSR count). The second-order valence-corrected chi connectivity index (χ2v) is 3.31. The van der Waals surface area contributed by atoms with Gasteiger partial charge in [-0.05, 0) is 24.1 Å². The van der Waals surface area contributed by atoms with Gasteiger partial charge in [0.2, 0.25) is 0 Å². The summed E-state index contributed by atoms with van der Waals surface area (Å²) < 4.78 is 24.8. The number of aromatic nitrogens is 1. The SMILES string of the molecule is Cc1nc(C(F)F)cc(CCl)c1CC#N. The summed E-state index contributed by atoms with van der Waals surface area (Å²) in [6.45, 7) is 1.61. The molecule has 15 heavy (non-hydrogen) atoms. The van der Waals surface area contributed by atoms with Gasteiger partial charge in [0.1, 0.15) is 5.69 Å². The Morgan fingerprint density at radius 1 is 1.60 bits per heavy atom. The lowest BCUT2D eigenvalue weighted by Crippen LogP contribution is -2.02. The molecule has 0 aromatic carbocycles. The zero-order valence-corrected chi connectivity index (χ0v) is 8.85. The van der Waals surface area contributed by atoms with E-state index in [1.807, 2.05) is 6.07 Å². The highest BCUT2D eigenvalue weighted by atomic mass is 35.5. The molecule has 1 aromatic heterocycles. The van der Waals surface area contributed by atoms with Crippen molar-refractivity contribution in [2.24, 2.45) is 0 Å². The van der Waals surface area contributed by atoms with Crippen molar-refractivity contribution in [1.82, 2.24) is 4.98 Å². The van der Waals surface area contributed by atoms with Crippen molar-refractivity contribution < 1.29 is 8.78 Å². The van der Waals surface area contributed by atoms with Crippen LogP contribution in [0.5, 0.6) is 0 Å². The molecule has 0 fully saturated rings. The van der Waals surface area contributed by atoms with E-state index in [1.165, 1.54) is 6.07 Å². The van der Waals surface area contributed by atoms with Crippen molar-refractivity contribution in [3.63, 3.8) is 0 Å². The minimum Gasteiger partial charge on any atom is -0.252 e. The fourth-order valence-electron chi connectivity index (χ4n) is 1.34. The number of pyridine rings is 1. The van der Waals surface area contributed by atoms with E-state index in [0.29, 0.717) is 16.8 Å². The molecule has 5 heteroatoms. The summed E-state index contributed by atoms with van der Waals surface area (Å²) in [5.74, 6) is 0.111. The van der Waals surface area contributed by atoms with Gasteiger partial charge in [-0.2, -0.15) is 5.26 Å². The van der Waals surface area contributed by atoms with Crippen molar-refractivity contribution in [2.75, 3.05) is 0 Å². The first-order valence-electron chi connectivity index (χ1n) is 4.30. The van der Waals surface area contributed by atoms with E-state index in [2.05, 4.69) is 4.98 Å². The van der Waals surface area contributed by atoms with Crippen LogP contribution in [0.1, 0.15) is 28.9 Å². The first-order chi connectivity index (χ1) is 7.10. The number of hydrogen-bond donors (Lipinski definition) is 0. The Morgan fingerprint density at radius 2 is 2.27 bits per heavy atom. The van der Waals surface area contributed by atoms with Gasteiger partial charge < -0.3 is 0 Å². The van der Waals surface area contributed by atoms with Gasteiger partial charge >= 0.3 is 0 Å². The Bertz CT molecular complexity index is 399. The maximum atomic E-state index is 12.4. The van der Waals surface area contributed by atoms with Crippen LogP contribution in [0.2, 0.25) is 0 Å². The lowest BCUT2D eigenvalue weighted by Gasteiger charge is -2.09. The van der Waals surface area contributed by atoms with Gasteiger partial charge in [0.05, 0.1) is 12.5 Å². The Labute approximate surface area is 91.5 Å². The van der Waals surface area contributed by atoms with Crippen molar-refractivity contribution >= 4 is 11.6 Å². The first kappa shape index (κ1) is 11.9. The molecule has 0 radical (unpaired) electrons. The molecule has 0 N–H and O–H groups in total. The van der Waals surface area contributed by atoms with E-state index in [9.17, 15) is 8.78 Å². The topological polar surface area (TPSA) is 36.7 Å². The zero-order valence-electron chi connectivity index (χ0n) is 8.10. The fraction of sp³-hybridized carbons (Fsp3) is 0.400.